The third kappa shape index (κ3) is 7.02. The number of nitrogens with zero attached hydrogens (tertiary/aromatic N) is 1. The smallest absolute Gasteiger partial charge is 0.0760 e. The predicted octanol–water partition coefficient (Wildman–Crippen LogP) is 6.36. The second kappa shape index (κ2) is 11.2. The van der Waals surface area contributed by atoms with Crippen molar-refractivity contribution in [1.82, 2.24) is 10.6 Å². The monoisotopic (exact) mass is 431 g/mol. The molecule has 170 valence electrons. The summed E-state index contributed by atoms with van der Waals surface area (Å²) in [5.74, 6) is 3.11. The summed E-state index contributed by atoms with van der Waals surface area (Å²) in [5.41, 5.74) is 1.01. The minimum absolute atomic E-state index is 0.0420. The highest BCUT2D eigenvalue weighted by Crippen LogP contribution is 2.56. The number of terminal acetylenes is 1. The molecule has 0 aliphatic rings. The molecule has 0 aromatic heterocycles. The van der Waals surface area contributed by atoms with Crippen molar-refractivity contribution in [2.75, 3.05) is 19.3 Å². The lowest BCUT2D eigenvalue weighted by Crippen LogP contribution is -2.49. The number of nitrogens with one attached hydrogen (secondary N) is 2. The van der Waals surface area contributed by atoms with E-state index in [4.69, 9.17) is 6.42 Å². The Morgan fingerprint density at radius 3 is 2.10 bits per heavy atom. The largest absolute Gasteiger partial charge is 0.388 e. The second-order valence-electron chi connectivity index (χ2n) is 10.5. The van der Waals surface area contributed by atoms with Crippen molar-refractivity contribution < 1.29 is 0 Å². The van der Waals surface area contributed by atoms with Crippen molar-refractivity contribution in [2.24, 2.45) is 22.2 Å². The SMILES string of the molecule is C#CCNC(=C)CCC(C)(C#N)C(C)(C)CC(C)(C(=C)NCC(C)C)C(C)(C)SC. The molecule has 0 rings (SSSR count). The quantitative estimate of drug-likeness (QED) is 0.314. The molecule has 30 heavy (non-hydrogen) atoms. The fraction of sp³-hybridized carbons (Fsp3) is 0.731. The molecule has 0 heterocycles. The number of hydrogen-bond donors (Lipinski definition) is 2. The average molecular weight is 432 g/mol. The van der Waals surface area contributed by atoms with Gasteiger partial charge >= 0.3 is 0 Å². The van der Waals surface area contributed by atoms with Gasteiger partial charge in [-0.1, -0.05) is 53.7 Å². The van der Waals surface area contributed by atoms with Gasteiger partial charge in [0.15, 0.2) is 0 Å². The maximum absolute atomic E-state index is 10.2. The van der Waals surface area contributed by atoms with Gasteiger partial charge in [-0.05, 0) is 57.6 Å². The lowest BCUT2D eigenvalue weighted by atomic mass is 9.56. The lowest BCUT2D eigenvalue weighted by Gasteiger charge is -2.52. The minimum atomic E-state index is -0.512. The maximum Gasteiger partial charge on any atom is 0.0760 e. The van der Waals surface area contributed by atoms with Gasteiger partial charge in [-0.3, -0.25) is 0 Å². The van der Waals surface area contributed by atoms with Crippen molar-refractivity contribution in [1.29, 1.82) is 5.26 Å². The number of hydrogen-bond acceptors (Lipinski definition) is 4. The Balaban J connectivity index is 5.81. The first-order valence-electron chi connectivity index (χ1n) is 10.9. The molecule has 0 aromatic rings. The van der Waals surface area contributed by atoms with Crippen LogP contribution in [-0.4, -0.2) is 24.1 Å². The highest BCUT2D eigenvalue weighted by atomic mass is 32.2. The van der Waals surface area contributed by atoms with Gasteiger partial charge in [0.25, 0.3) is 0 Å². The third-order valence-corrected chi connectivity index (χ3v) is 8.60. The van der Waals surface area contributed by atoms with E-state index in [9.17, 15) is 5.26 Å². The topological polar surface area (TPSA) is 47.9 Å². The van der Waals surface area contributed by atoms with Crippen LogP contribution in [0.3, 0.4) is 0 Å². The molecule has 0 saturated carbocycles. The molecule has 2 unspecified atom stereocenters. The molecular formula is C26H45N3S. The van der Waals surface area contributed by atoms with E-state index in [-0.39, 0.29) is 15.6 Å². The molecule has 0 radical (unpaired) electrons. The van der Waals surface area contributed by atoms with Crippen LogP contribution in [0, 0.1) is 45.8 Å². The van der Waals surface area contributed by atoms with Gasteiger partial charge in [-0.2, -0.15) is 17.0 Å². The maximum atomic E-state index is 10.2. The first-order valence-corrected chi connectivity index (χ1v) is 12.1. The third-order valence-electron chi connectivity index (χ3n) is 7.13. The summed E-state index contributed by atoms with van der Waals surface area (Å²) in [5, 5.41) is 16.9. The molecule has 0 bridgehead atoms. The van der Waals surface area contributed by atoms with Crippen molar-refractivity contribution in [3.8, 4) is 18.4 Å². The van der Waals surface area contributed by atoms with Gasteiger partial charge in [0.2, 0.25) is 0 Å². The van der Waals surface area contributed by atoms with Crippen LogP contribution >= 0.6 is 11.8 Å². The summed E-state index contributed by atoms with van der Waals surface area (Å²) < 4.78 is -0.0420. The van der Waals surface area contributed by atoms with Gasteiger partial charge in [0, 0.05) is 28.1 Å². The van der Waals surface area contributed by atoms with Crippen LogP contribution < -0.4 is 10.6 Å². The molecule has 2 atom stereocenters. The normalized spacial score (nSPS) is 16.0. The van der Waals surface area contributed by atoms with E-state index in [2.05, 4.69) is 97.4 Å². The van der Waals surface area contributed by atoms with Crippen molar-refractivity contribution in [3.63, 3.8) is 0 Å². The highest BCUT2D eigenvalue weighted by Gasteiger charge is 2.51. The molecule has 4 heteroatoms. The molecule has 0 amide bonds. The molecule has 0 aliphatic heterocycles. The minimum Gasteiger partial charge on any atom is -0.388 e. The molecule has 0 aliphatic carbocycles. The standard InChI is InChI=1S/C26H45N3S/c1-13-16-28-21(4)14-15-25(10,19-27)23(6,7)18-26(11,24(8,9)30-12)22(5)29-17-20(2)3/h1,20,28-29H,4-5,14-18H2,2-3,6-12H3. The fourth-order valence-corrected chi connectivity index (χ4v) is 4.37. The van der Waals surface area contributed by atoms with Gasteiger partial charge in [0.05, 0.1) is 18.0 Å². The first-order chi connectivity index (χ1) is 13.6. The van der Waals surface area contributed by atoms with E-state index in [1.807, 2.05) is 11.8 Å². The van der Waals surface area contributed by atoms with Crippen LogP contribution in [0.2, 0.25) is 0 Å². The van der Waals surface area contributed by atoms with E-state index in [1.54, 1.807) is 0 Å². The predicted molar refractivity (Wildman–Crippen MR) is 135 cm³/mol. The fourth-order valence-electron chi connectivity index (χ4n) is 3.72. The van der Waals surface area contributed by atoms with E-state index >= 15 is 0 Å². The Morgan fingerprint density at radius 2 is 1.67 bits per heavy atom. The Bertz CT molecular complexity index is 677. The number of rotatable bonds is 14. The zero-order chi connectivity index (χ0) is 23.8. The summed E-state index contributed by atoms with van der Waals surface area (Å²) in [6, 6.07) is 2.65. The van der Waals surface area contributed by atoms with Crippen LogP contribution in [0.25, 0.3) is 0 Å². The number of nitriles is 1. The van der Waals surface area contributed by atoms with E-state index in [1.165, 1.54) is 0 Å². The van der Waals surface area contributed by atoms with Crippen molar-refractivity contribution in [2.45, 2.75) is 79.4 Å². The van der Waals surface area contributed by atoms with E-state index < -0.39 is 5.41 Å². The first kappa shape index (κ1) is 28.5. The molecule has 0 saturated heterocycles. The molecule has 0 fully saturated rings. The van der Waals surface area contributed by atoms with Gasteiger partial charge < -0.3 is 10.6 Å². The van der Waals surface area contributed by atoms with Crippen LogP contribution in [0.5, 0.6) is 0 Å². The summed E-state index contributed by atoms with van der Waals surface area (Å²) >= 11 is 1.86. The molecule has 0 spiro atoms. The van der Waals surface area contributed by atoms with Crippen LogP contribution in [0.4, 0.5) is 0 Å². The van der Waals surface area contributed by atoms with Crippen LogP contribution in [0.15, 0.2) is 24.6 Å². The number of allylic oxidation sites excluding steroid dienone is 2. The van der Waals surface area contributed by atoms with Crippen LogP contribution in [-0.2, 0) is 0 Å². The van der Waals surface area contributed by atoms with Crippen LogP contribution in [0.1, 0.15) is 74.7 Å². The Labute approximate surface area is 191 Å². The number of thioether (sulfide) groups is 1. The van der Waals surface area contributed by atoms with Gasteiger partial charge in [0.1, 0.15) is 0 Å². The summed E-state index contributed by atoms with van der Waals surface area (Å²) in [4.78, 5) is 0. The lowest BCUT2D eigenvalue weighted by molar-refractivity contribution is 0.0658. The molecular weight excluding hydrogens is 386 g/mol. The zero-order valence-electron chi connectivity index (χ0n) is 21.0. The second-order valence-corrected chi connectivity index (χ2v) is 11.9. The van der Waals surface area contributed by atoms with E-state index in [0.717, 1.165) is 37.2 Å². The van der Waals surface area contributed by atoms with E-state index in [0.29, 0.717) is 12.5 Å². The molecule has 3 nitrogen and oxygen atoms in total. The average Bonchev–Trinajstić information content (AvgIpc) is 2.67. The Morgan fingerprint density at radius 1 is 1.10 bits per heavy atom. The Hall–Kier alpha value is -1.52. The Kier molecular flexibility index (Phi) is 10.6. The van der Waals surface area contributed by atoms with Gasteiger partial charge in [-0.15, -0.1) is 6.42 Å². The van der Waals surface area contributed by atoms with Crippen molar-refractivity contribution in [3.05, 3.63) is 24.6 Å². The molecule has 0 aromatic carbocycles. The summed E-state index contributed by atoms with van der Waals surface area (Å²) in [6.07, 6.45) is 9.80. The van der Waals surface area contributed by atoms with Gasteiger partial charge in [-0.25, -0.2) is 0 Å². The highest BCUT2D eigenvalue weighted by molar-refractivity contribution is 8.00. The molecule has 2 N–H and O–H groups in total. The van der Waals surface area contributed by atoms with Crippen molar-refractivity contribution >= 4 is 11.8 Å². The zero-order valence-corrected chi connectivity index (χ0v) is 21.8. The summed E-state index contributed by atoms with van der Waals surface area (Å²) in [7, 11) is 0. The summed E-state index contributed by atoms with van der Waals surface area (Å²) in [6.45, 7) is 27.7.